The summed E-state index contributed by atoms with van der Waals surface area (Å²) in [5, 5.41) is 14.8. The number of anilines is 3. The Morgan fingerprint density at radius 2 is 1.69 bits per heavy atom. The van der Waals surface area contributed by atoms with E-state index in [4.69, 9.17) is 9.47 Å². The van der Waals surface area contributed by atoms with Crippen molar-refractivity contribution in [3.05, 3.63) is 114 Å². The molecule has 8 rings (SSSR count). The highest BCUT2D eigenvalue weighted by Crippen LogP contribution is 2.61. The number of carbonyl (C=O) groups excluding carboxylic acids is 3. The minimum Gasteiger partial charge on any atom is -0.497 e. The summed E-state index contributed by atoms with van der Waals surface area (Å²) in [6, 6.07) is 31.3. The summed E-state index contributed by atoms with van der Waals surface area (Å²) in [7, 11) is -0.903. The Morgan fingerprint density at radius 3 is 2.39 bits per heavy atom. The summed E-state index contributed by atoms with van der Waals surface area (Å²) in [4.78, 5) is 48.5. The molecular weight excluding hydrogens is 697 g/mol. The molecule has 280 valence electrons. The average molecular weight is 745 g/mol. The van der Waals surface area contributed by atoms with Gasteiger partial charge in [-0.3, -0.25) is 19.3 Å². The fraction of sp³-hybridized carbons (Fsp3) is 0.372. The number of carbonyl (C=O) groups is 3. The lowest BCUT2D eigenvalue weighted by atomic mass is 9.82. The van der Waals surface area contributed by atoms with Crippen LogP contribution in [0.5, 0.6) is 5.75 Å². The number of nitrogens with one attached hydrogen (secondary N) is 1. The maximum absolute atomic E-state index is 15.4. The average Bonchev–Trinajstić information content (AvgIpc) is 3.63. The van der Waals surface area contributed by atoms with Crippen LogP contribution in [0.1, 0.15) is 30.0 Å². The van der Waals surface area contributed by atoms with Crippen LogP contribution in [0.2, 0.25) is 18.6 Å². The van der Waals surface area contributed by atoms with Crippen molar-refractivity contribution in [3.63, 3.8) is 0 Å². The number of aliphatic hydroxyl groups excluding tert-OH is 1. The van der Waals surface area contributed by atoms with E-state index in [9.17, 15) is 14.7 Å². The monoisotopic (exact) mass is 744 g/mol. The normalized spacial score (nSPS) is 25.2. The van der Waals surface area contributed by atoms with Gasteiger partial charge in [0.1, 0.15) is 5.75 Å². The number of benzene rings is 4. The SMILES string of the molecule is COc1ccc([Si](C)(C)[C@H]2[C@H](CC(=O)N3Cc4ccccc4C[C@H]3CO)O[C@@]3(C(=O)N(c4ccccc4)c4ccc(N5CCNCC5=O)cc43)[C@@H]2C)cc1. The molecule has 0 aromatic heterocycles. The molecule has 0 bridgehead atoms. The van der Waals surface area contributed by atoms with Gasteiger partial charge < -0.3 is 29.7 Å². The largest absolute Gasteiger partial charge is 0.497 e. The number of ether oxygens (including phenoxy) is 2. The van der Waals surface area contributed by atoms with Gasteiger partial charge in [-0.15, -0.1) is 0 Å². The lowest BCUT2D eigenvalue weighted by Crippen LogP contribution is -2.52. The van der Waals surface area contributed by atoms with Crippen LogP contribution in [-0.4, -0.2) is 81.3 Å². The molecule has 3 amide bonds. The van der Waals surface area contributed by atoms with Gasteiger partial charge in [0.15, 0.2) is 5.60 Å². The van der Waals surface area contributed by atoms with Gasteiger partial charge in [0, 0.05) is 42.5 Å². The van der Waals surface area contributed by atoms with E-state index in [-0.39, 0.29) is 54.8 Å². The highest BCUT2D eigenvalue weighted by molar-refractivity contribution is 6.91. The van der Waals surface area contributed by atoms with E-state index in [1.165, 1.54) is 5.19 Å². The number of para-hydroxylation sites is 1. The maximum Gasteiger partial charge on any atom is 0.268 e. The zero-order valence-electron chi connectivity index (χ0n) is 31.3. The van der Waals surface area contributed by atoms with E-state index in [2.05, 4.69) is 43.5 Å². The predicted octanol–water partition coefficient (Wildman–Crippen LogP) is 4.86. The van der Waals surface area contributed by atoms with Crippen molar-refractivity contribution in [1.82, 2.24) is 10.2 Å². The van der Waals surface area contributed by atoms with E-state index < -0.39 is 19.8 Å². The number of rotatable bonds is 8. The third-order valence-corrected chi connectivity index (χ3v) is 16.8. The Kier molecular flexibility index (Phi) is 9.46. The molecule has 5 atom stereocenters. The molecule has 0 radical (unpaired) electrons. The Bertz CT molecular complexity index is 2080. The first kappa shape index (κ1) is 36.2. The van der Waals surface area contributed by atoms with Crippen LogP contribution in [0.3, 0.4) is 0 Å². The van der Waals surface area contributed by atoms with Crippen LogP contribution in [0.4, 0.5) is 17.1 Å². The van der Waals surface area contributed by atoms with Crippen LogP contribution >= 0.6 is 0 Å². The molecule has 11 heteroatoms. The standard InChI is InChI=1S/C43H48N4O6Si/c1-28-41(54(3,4)35-17-15-34(52-2)16-18-35)38(24-39(49)46-26-30-11-9-8-10-29(30)22-33(46)27-48)53-43(28)36-23-32(45-21-20-44-25-40(45)50)14-19-37(36)47(42(43)51)31-12-6-5-7-13-31/h5-19,23,28,33,38,41,44,48H,20-22,24-27H2,1-4H3/t28-,33+,38+,41-,43+/m1/s1. The minimum absolute atomic E-state index is 0.0317. The van der Waals surface area contributed by atoms with E-state index >= 15 is 4.79 Å². The Balaban J connectivity index is 1.25. The fourth-order valence-electron chi connectivity index (χ4n) is 9.64. The zero-order chi connectivity index (χ0) is 37.8. The first-order chi connectivity index (χ1) is 26.1. The molecule has 2 N–H and O–H groups in total. The minimum atomic E-state index is -2.55. The molecule has 2 fully saturated rings. The van der Waals surface area contributed by atoms with Crippen molar-refractivity contribution in [2.45, 2.75) is 62.7 Å². The van der Waals surface area contributed by atoms with Crippen molar-refractivity contribution in [3.8, 4) is 5.75 Å². The topological polar surface area (TPSA) is 112 Å². The van der Waals surface area contributed by atoms with Gasteiger partial charge in [-0.2, -0.15) is 0 Å². The summed E-state index contributed by atoms with van der Waals surface area (Å²) >= 11 is 0. The molecule has 10 nitrogen and oxygen atoms in total. The highest BCUT2D eigenvalue weighted by atomic mass is 28.3. The van der Waals surface area contributed by atoms with Crippen molar-refractivity contribution in [2.24, 2.45) is 5.92 Å². The van der Waals surface area contributed by atoms with E-state index in [0.717, 1.165) is 28.3 Å². The van der Waals surface area contributed by atoms with Crippen molar-refractivity contribution < 1.29 is 29.0 Å². The molecule has 2 saturated heterocycles. The van der Waals surface area contributed by atoms with E-state index in [1.807, 2.05) is 78.9 Å². The summed E-state index contributed by atoms with van der Waals surface area (Å²) in [5.74, 6) is 0.0866. The molecule has 0 unspecified atom stereocenters. The van der Waals surface area contributed by atoms with Crippen LogP contribution in [0, 0.1) is 5.92 Å². The van der Waals surface area contributed by atoms with Crippen molar-refractivity contribution >= 4 is 48.0 Å². The van der Waals surface area contributed by atoms with Gasteiger partial charge in [-0.1, -0.05) is 79.8 Å². The Hall–Kier alpha value is -4.81. The summed E-state index contributed by atoms with van der Waals surface area (Å²) < 4.78 is 12.8. The molecular formula is C43H48N4O6Si. The number of hydrogen-bond acceptors (Lipinski definition) is 7. The molecule has 4 heterocycles. The second-order valence-electron chi connectivity index (χ2n) is 15.6. The molecule has 54 heavy (non-hydrogen) atoms. The Labute approximate surface area is 317 Å². The molecule has 4 aromatic carbocycles. The first-order valence-corrected chi connectivity index (χ1v) is 22.0. The zero-order valence-corrected chi connectivity index (χ0v) is 32.3. The third kappa shape index (κ3) is 5.85. The number of hydrogen-bond donors (Lipinski definition) is 2. The first-order valence-electron chi connectivity index (χ1n) is 18.9. The van der Waals surface area contributed by atoms with Gasteiger partial charge >= 0.3 is 0 Å². The second kappa shape index (κ2) is 14.1. The van der Waals surface area contributed by atoms with Gasteiger partial charge in [-0.25, -0.2) is 0 Å². The van der Waals surface area contributed by atoms with Crippen molar-refractivity contribution in [1.29, 1.82) is 0 Å². The summed E-state index contributed by atoms with van der Waals surface area (Å²) in [6.07, 6.45) is 0.0294. The molecule has 0 saturated carbocycles. The van der Waals surface area contributed by atoms with Crippen molar-refractivity contribution in [2.75, 3.05) is 43.2 Å². The lowest BCUT2D eigenvalue weighted by Gasteiger charge is -2.39. The lowest BCUT2D eigenvalue weighted by molar-refractivity contribution is -0.150. The Morgan fingerprint density at radius 1 is 0.963 bits per heavy atom. The fourth-order valence-corrected chi connectivity index (χ4v) is 13.7. The summed E-state index contributed by atoms with van der Waals surface area (Å²) in [6.45, 7) is 8.40. The van der Waals surface area contributed by atoms with E-state index in [0.29, 0.717) is 37.3 Å². The second-order valence-corrected chi connectivity index (χ2v) is 20.3. The van der Waals surface area contributed by atoms with Crippen LogP contribution in [-0.2, 0) is 37.7 Å². The van der Waals surface area contributed by atoms with Crippen LogP contribution in [0.15, 0.2) is 97.1 Å². The number of piperazine rings is 1. The highest BCUT2D eigenvalue weighted by Gasteiger charge is 2.67. The van der Waals surface area contributed by atoms with E-state index in [1.54, 1.807) is 21.8 Å². The number of fused-ring (bicyclic) bond motifs is 3. The van der Waals surface area contributed by atoms with Gasteiger partial charge in [-0.05, 0) is 65.6 Å². The van der Waals surface area contributed by atoms with Crippen LogP contribution < -0.4 is 25.0 Å². The number of methoxy groups -OCH3 is 1. The molecule has 4 aliphatic heterocycles. The maximum atomic E-state index is 15.4. The quantitative estimate of drug-likeness (QED) is 0.248. The van der Waals surface area contributed by atoms with Gasteiger partial charge in [0.2, 0.25) is 11.8 Å². The van der Waals surface area contributed by atoms with Crippen LogP contribution in [0.25, 0.3) is 0 Å². The number of amides is 3. The molecule has 4 aromatic rings. The smallest absolute Gasteiger partial charge is 0.268 e. The molecule has 4 aliphatic rings. The number of nitrogens with zero attached hydrogens (tertiary/aromatic N) is 3. The van der Waals surface area contributed by atoms with Gasteiger partial charge in [0.05, 0.1) is 52.6 Å². The molecule has 0 aliphatic carbocycles. The number of aliphatic hydroxyl groups is 1. The summed E-state index contributed by atoms with van der Waals surface area (Å²) in [5.41, 5.74) is 3.50. The third-order valence-electron chi connectivity index (χ3n) is 12.4. The molecule has 1 spiro atoms. The predicted molar refractivity (Wildman–Crippen MR) is 211 cm³/mol. The van der Waals surface area contributed by atoms with Gasteiger partial charge in [0.25, 0.3) is 5.91 Å².